The van der Waals surface area contributed by atoms with Gasteiger partial charge in [0.2, 0.25) is 0 Å². The van der Waals surface area contributed by atoms with Gasteiger partial charge in [-0.25, -0.2) is 0 Å². The fourth-order valence-electron chi connectivity index (χ4n) is 1.77. The van der Waals surface area contributed by atoms with Crippen LogP contribution in [0.2, 0.25) is 0 Å². The summed E-state index contributed by atoms with van der Waals surface area (Å²) < 4.78 is 0. The monoisotopic (exact) mass is 141 g/mol. The van der Waals surface area contributed by atoms with Crippen molar-refractivity contribution >= 4 is 0 Å². The topological polar surface area (TPSA) is 12.0 Å². The Balaban J connectivity index is 2.17. The van der Waals surface area contributed by atoms with E-state index in [4.69, 9.17) is 0 Å². The van der Waals surface area contributed by atoms with Crippen molar-refractivity contribution in [2.24, 2.45) is 5.92 Å². The Morgan fingerprint density at radius 1 is 1.50 bits per heavy atom. The summed E-state index contributed by atoms with van der Waals surface area (Å²) in [7, 11) is 2.10. The highest BCUT2D eigenvalue weighted by molar-refractivity contribution is 4.81. The number of nitrogens with one attached hydrogen (secondary N) is 1. The second-order valence-corrected chi connectivity index (χ2v) is 3.37. The Kier molecular flexibility index (Phi) is 3.20. The SMILES string of the molecule is CCCC(NC)C1CCC1. The summed E-state index contributed by atoms with van der Waals surface area (Å²) in [6.07, 6.45) is 7.08. The van der Waals surface area contributed by atoms with Crippen LogP contribution in [0.3, 0.4) is 0 Å². The van der Waals surface area contributed by atoms with Crippen LogP contribution in [0.25, 0.3) is 0 Å². The molecule has 1 rings (SSSR count). The van der Waals surface area contributed by atoms with Gasteiger partial charge >= 0.3 is 0 Å². The molecule has 1 atom stereocenters. The largest absolute Gasteiger partial charge is 0.317 e. The minimum Gasteiger partial charge on any atom is -0.317 e. The molecule has 1 saturated carbocycles. The predicted molar refractivity (Wildman–Crippen MR) is 45.1 cm³/mol. The van der Waals surface area contributed by atoms with E-state index in [9.17, 15) is 0 Å². The molecule has 1 nitrogen and oxygen atoms in total. The van der Waals surface area contributed by atoms with Gasteiger partial charge in [-0.15, -0.1) is 0 Å². The second-order valence-electron chi connectivity index (χ2n) is 3.37. The molecule has 10 heavy (non-hydrogen) atoms. The quantitative estimate of drug-likeness (QED) is 0.632. The molecule has 1 aliphatic rings. The third-order valence-corrected chi connectivity index (χ3v) is 2.69. The first kappa shape index (κ1) is 8.06. The van der Waals surface area contributed by atoms with Gasteiger partial charge in [0.15, 0.2) is 0 Å². The van der Waals surface area contributed by atoms with Crippen molar-refractivity contribution in [3.63, 3.8) is 0 Å². The minimum absolute atomic E-state index is 0.818. The fraction of sp³-hybridized carbons (Fsp3) is 1.00. The third-order valence-electron chi connectivity index (χ3n) is 2.69. The third kappa shape index (κ3) is 1.72. The minimum atomic E-state index is 0.818. The standard InChI is InChI=1S/C9H19N/c1-3-5-9(10-2)8-6-4-7-8/h8-10H,3-7H2,1-2H3. The van der Waals surface area contributed by atoms with Crippen LogP contribution in [0.1, 0.15) is 39.0 Å². The Labute approximate surface area is 64.2 Å². The molecule has 1 N–H and O–H groups in total. The van der Waals surface area contributed by atoms with Crippen molar-refractivity contribution in [2.75, 3.05) is 7.05 Å². The molecule has 0 radical (unpaired) electrons. The lowest BCUT2D eigenvalue weighted by atomic mass is 9.78. The molecular formula is C9H19N. The summed E-state index contributed by atoms with van der Waals surface area (Å²) in [5.41, 5.74) is 0. The van der Waals surface area contributed by atoms with E-state index in [-0.39, 0.29) is 0 Å². The highest BCUT2D eigenvalue weighted by atomic mass is 14.9. The average molecular weight is 141 g/mol. The maximum atomic E-state index is 3.40. The maximum Gasteiger partial charge on any atom is 0.00922 e. The summed E-state index contributed by atoms with van der Waals surface area (Å²) in [6, 6.07) is 0.818. The van der Waals surface area contributed by atoms with Crippen molar-refractivity contribution in [1.29, 1.82) is 0 Å². The van der Waals surface area contributed by atoms with E-state index in [0.29, 0.717) is 0 Å². The Morgan fingerprint density at radius 3 is 2.50 bits per heavy atom. The first-order valence-corrected chi connectivity index (χ1v) is 4.55. The van der Waals surface area contributed by atoms with Gasteiger partial charge in [0.1, 0.15) is 0 Å². The number of hydrogen-bond donors (Lipinski definition) is 1. The molecule has 60 valence electrons. The van der Waals surface area contributed by atoms with Crippen molar-refractivity contribution in [2.45, 2.75) is 45.1 Å². The van der Waals surface area contributed by atoms with Crippen molar-refractivity contribution in [1.82, 2.24) is 5.32 Å². The summed E-state index contributed by atoms with van der Waals surface area (Å²) in [4.78, 5) is 0. The zero-order valence-corrected chi connectivity index (χ0v) is 7.19. The molecule has 0 bridgehead atoms. The molecule has 1 aliphatic carbocycles. The van der Waals surface area contributed by atoms with Crippen LogP contribution in [-0.4, -0.2) is 13.1 Å². The zero-order valence-electron chi connectivity index (χ0n) is 7.19. The van der Waals surface area contributed by atoms with Gasteiger partial charge < -0.3 is 5.32 Å². The predicted octanol–water partition coefficient (Wildman–Crippen LogP) is 2.17. The lowest BCUT2D eigenvalue weighted by Gasteiger charge is -2.33. The van der Waals surface area contributed by atoms with Crippen molar-refractivity contribution in [3.05, 3.63) is 0 Å². The first-order chi connectivity index (χ1) is 4.88. The molecule has 1 heteroatoms. The van der Waals surface area contributed by atoms with Gasteiger partial charge in [-0.05, 0) is 32.2 Å². The molecule has 0 saturated heterocycles. The normalized spacial score (nSPS) is 22.2. The molecular weight excluding hydrogens is 122 g/mol. The molecule has 0 aromatic heterocycles. The molecule has 0 aromatic rings. The summed E-state index contributed by atoms with van der Waals surface area (Å²) >= 11 is 0. The van der Waals surface area contributed by atoms with Crippen molar-refractivity contribution < 1.29 is 0 Å². The molecule has 1 fully saturated rings. The fourth-order valence-corrected chi connectivity index (χ4v) is 1.77. The highest BCUT2D eigenvalue weighted by Gasteiger charge is 2.24. The molecule has 0 aliphatic heterocycles. The Hall–Kier alpha value is -0.0400. The average Bonchev–Trinajstić information content (AvgIpc) is 1.83. The molecule has 0 heterocycles. The van der Waals surface area contributed by atoms with E-state index < -0.39 is 0 Å². The highest BCUT2D eigenvalue weighted by Crippen LogP contribution is 2.30. The van der Waals surface area contributed by atoms with Crippen molar-refractivity contribution in [3.8, 4) is 0 Å². The second kappa shape index (κ2) is 3.97. The van der Waals surface area contributed by atoms with Crippen LogP contribution in [0.4, 0.5) is 0 Å². The van der Waals surface area contributed by atoms with Crippen LogP contribution >= 0.6 is 0 Å². The molecule has 0 aromatic carbocycles. The summed E-state index contributed by atoms with van der Waals surface area (Å²) in [5, 5.41) is 3.40. The lowest BCUT2D eigenvalue weighted by Crippen LogP contribution is -2.37. The lowest BCUT2D eigenvalue weighted by molar-refractivity contribution is 0.227. The summed E-state index contributed by atoms with van der Waals surface area (Å²) in [5.74, 6) is 1.00. The first-order valence-electron chi connectivity index (χ1n) is 4.55. The van der Waals surface area contributed by atoms with Gasteiger partial charge in [0.05, 0.1) is 0 Å². The van der Waals surface area contributed by atoms with E-state index in [1.54, 1.807) is 0 Å². The Bertz CT molecular complexity index is 86.7. The van der Waals surface area contributed by atoms with E-state index >= 15 is 0 Å². The van der Waals surface area contributed by atoms with Gasteiger partial charge in [-0.2, -0.15) is 0 Å². The van der Waals surface area contributed by atoms with Gasteiger partial charge in [-0.3, -0.25) is 0 Å². The number of rotatable bonds is 4. The smallest absolute Gasteiger partial charge is 0.00922 e. The van der Waals surface area contributed by atoms with Crippen LogP contribution in [0.15, 0.2) is 0 Å². The molecule has 1 unspecified atom stereocenters. The van der Waals surface area contributed by atoms with Crippen LogP contribution in [0.5, 0.6) is 0 Å². The number of hydrogen-bond acceptors (Lipinski definition) is 1. The Morgan fingerprint density at radius 2 is 2.20 bits per heavy atom. The van der Waals surface area contributed by atoms with Gasteiger partial charge in [0, 0.05) is 6.04 Å². The molecule has 0 spiro atoms. The zero-order chi connectivity index (χ0) is 7.40. The van der Waals surface area contributed by atoms with Crippen LogP contribution in [-0.2, 0) is 0 Å². The van der Waals surface area contributed by atoms with E-state index in [2.05, 4.69) is 19.3 Å². The van der Waals surface area contributed by atoms with E-state index in [1.807, 2.05) is 0 Å². The van der Waals surface area contributed by atoms with Crippen LogP contribution in [0, 0.1) is 5.92 Å². The molecule has 0 amide bonds. The van der Waals surface area contributed by atoms with Gasteiger partial charge in [0.25, 0.3) is 0 Å². The maximum absolute atomic E-state index is 3.40. The van der Waals surface area contributed by atoms with E-state index in [1.165, 1.54) is 32.1 Å². The summed E-state index contributed by atoms with van der Waals surface area (Å²) in [6.45, 7) is 2.27. The van der Waals surface area contributed by atoms with Crippen LogP contribution < -0.4 is 5.32 Å². The van der Waals surface area contributed by atoms with E-state index in [0.717, 1.165) is 12.0 Å². The van der Waals surface area contributed by atoms with Gasteiger partial charge in [-0.1, -0.05) is 19.8 Å².